The number of carbonyl (C=O) groups excluding carboxylic acids is 1. The molecule has 5 heteroatoms. The van der Waals surface area contributed by atoms with Crippen molar-refractivity contribution in [3.8, 4) is 6.07 Å². The van der Waals surface area contributed by atoms with Crippen LogP contribution in [0.25, 0.3) is 0 Å². The maximum atomic E-state index is 11.1. The number of hydrogen-bond acceptors (Lipinski definition) is 4. The Hall–Kier alpha value is -1.83. The van der Waals surface area contributed by atoms with E-state index in [4.69, 9.17) is 9.68 Å². The SMILES string of the molecule is Cc1ocnc1C(=O)NCC#N. The van der Waals surface area contributed by atoms with Crippen LogP contribution in [0.4, 0.5) is 0 Å². The van der Waals surface area contributed by atoms with E-state index in [0.717, 1.165) is 0 Å². The number of aromatic nitrogens is 1. The minimum atomic E-state index is -0.386. The van der Waals surface area contributed by atoms with Gasteiger partial charge in [0.2, 0.25) is 0 Å². The first-order valence-electron chi connectivity index (χ1n) is 3.31. The third-order valence-electron chi connectivity index (χ3n) is 1.29. The van der Waals surface area contributed by atoms with E-state index in [1.165, 1.54) is 6.39 Å². The summed E-state index contributed by atoms with van der Waals surface area (Å²) in [6.45, 7) is 1.61. The smallest absolute Gasteiger partial charge is 0.274 e. The Labute approximate surface area is 69.0 Å². The Morgan fingerprint density at radius 3 is 3.17 bits per heavy atom. The highest BCUT2D eigenvalue weighted by molar-refractivity contribution is 5.93. The molecule has 0 bridgehead atoms. The molecular formula is C7H7N3O2. The van der Waals surface area contributed by atoms with Crippen LogP contribution >= 0.6 is 0 Å². The molecule has 0 saturated heterocycles. The standard InChI is InChI=1S/C7H7N3O2/c1-5-6(10-4-12-5)7(11)9-3-2-8/h4H,3H2,1H3,(H,9,11). The summed E-state index contributed by atoms with van der Waals surface area (Å²) in [5.41, 5.74) is 0.227. The minimum Gasteiger partial charge on any atom is -0.448 e. The van der Waals surface area contributed by atoms with Crippen LogP contribution in [0.3, 0.4) is 0 Å². The van der Waals surface area contributed by atoms with Crippen molar-refractivity contribution in [2.75, 3.05) is 6.54 Å². The molecule has 1 aromatic rings. The van der Waals surface area contributed by atoms with Gasteiger partial charge in [0.05, 0.1) is 6.07 Å². The van der Waals surface area contributed by atoms with Gasteiger partial charge in [0.15, 0.2) is 12.1 Å². The van der Waals surface area contributed by atoms with Gasteiger partial charge in [0.1, 0.15) is 12.3 Å². The Bertz CT molecular complexity index is 324. The summed E-state index contributed by atoms with van der Waals surface area (Å²) in [5, 5.41) is 10.5. The van der Waals surface area contributed by atoms with Crippen molar-refractivity contribution in [2.24, 2.45) is 0 Å². The summed E-state index contributed by atoms with van der Waals surface area (Å²) < 4.78 is 4.81. The van der Waals surface area contributed by atoms with E-state index < -0.39 is 0 Å². The molecule has 0 atom stereocenters. The fourth-order valence-corrected chi connectivity index (χ4v) is 0.727. The third kappa shape index (κ3) is 1.61. The molecule has 1 heterocycles. The van der Waals surface area contributed by atoms with Crippen LogP contribution in [-0.2, 0) is 0 Å². The van der Waals surface area contributed by atoms with Gasteiger partial charge in [-0.05, 0) is 6.92 Å². The minimum absolute atomic E-state index is 0.0227. The van der Waals surface area contributed by atoms with E-state index in [1.807, 2.05) is 0 Å². The van der Waals surface area contributed by atoms with E-state index in [-0.39, 0.29) is 18.1 Å². The fraction of sp³-hybridized carbons (Fsp3) is 0.286. The number of rotatable bonds is 2. The van der Waals surface area contributed by atoms with Crippen LogP contribution in [0.2, 0.25) is 0 Å². The van der Waals surface area contributed by atoms with Crippen LogP contribution in [0.5, 0.6) is 0 Å². The summed E-state index contributed by atoms with van der Waals surface area (Å²) in [5.74, 6) is 0.0632. The lowest BCUT2D eigenvalue weighted by Gasteiger charge is -1.95. The number of carbonyl (C=O) groups is 1. The Balaban J connectivity index is 2.67. The van der Waals surface area contributed by atoms with Crippen LogP contribution in [-0.4, -0.2) is 17.4 Å². The monoisotopic (exact) mass is 165 g/mol. The van der Waals surface area contributed by atoms with Gasteiger partial charge >= 0.3 is 0 Å². The molecule has 12 heavy (non-hydrogen) atoms. The second-order valence-corrected chi connectivity index (χ2v) is 2.10. The molecule has 1 N–H and O–H groups in total. The Kier molecular flexibility index (Phi) is 2.43. The number of nitrogens with zero attached hydrogens (tertiary/aromatic N) is 2. The molecule has 0 aliphatic carbocycles. The molecule has 62 valence electrons. The van der Waals surface area contributed by atoms with E-state index in [0.29, 0.717) is 5.76 Å². The predicted molar refractivity (Wildman–Crippen MR) is 39.2 cm³/mol. The summed E-state index contributed by atoms with van der Waals surface area (Å²) >= 11 is 0. The van der Waals surface area contributed by atoms with Gasteiger partial charge < -0.3 is 9.73 Å². The average molecular weight is 165 g/mol. The van der Waals surface area contributed by atoms with Gasteiger partial charge in [-0.3, -0.25) is 4.79 Å². The van der Waals surface area contributed by atoms with E-state index in [9.17, 15) is 4.79 Å². The van der Waals surface area contributed by atoms with Gasteiger partial charge in [-0.1, -0.05) is 0 Å². The molecule has 5 nitrogen and oxygen atoms in total. The number of oxazole rings is 1. The Morgan fingerprint density at radius 1 is 1.92 bits per heavy atom. The normalized spacial score (nSPS) is 9.00. The number of aryl methyl sites for hydroxylation is 1. The highest BCUT2D eigenvalue weighted by atomic mass is 16.3. The lowest BCUT2D eigenvalue weighted by atomic mass is 10.3. The molecule has 0 unspecified atom stereocenters. The zero-order valence-corrected chi connectivity index (χ0v) is 6.50. The number of hydrogen-bond donors (Lipinski definition) is 1. The van der Waals surface area contributed by atoms with E-state index >= 15 is 0 Å². The maximum absolute atomic E-state index is 11.1. The van der Waals surface area contributed by atoms with Gasteiger partial charge in [0.25, 0.3) is 5.91 Å². The van der Waals surface area contributed by atoms with E-state index in [1.54, 1.807) is 13.0 Å². The van der Waals surface area contributed by atoms with Crippen molar-refractivity contribution >= 4 is 5.91 Å². The topological polar surface area (TPSA) is 78.9 Å². The lowest BCUT2D eigenvalue weighted by molar-refractivity contribution is 0.0952. The molecule has 0 aliphatic rings. The van der Waals surface area contributed by atoms with Crippen molar-refractivity contribution in [2.45, 2.75) is 6.92 Å². The summed E-state index contributed by atoms with van der Waals surface area (Å²) in [6.07, 6.45) is 1.19. The predicted octanol–water partition coefficient (Wildman–Crippen LogP) is 0.236. The van der Waals surface area contributed by atoms with Gasteiger partial charge in [0, 0.05) is 0 Å². The molecule has 0 saturated carbocycles. The molecule has 1 amide bonds. The molecule has 0 radical (unpaired) electrons. The number of nitrogens with one attached hydrogen (secondary N) is 1. The maximum Gasteiger partial charge on any atom is 0.274 e. The summed E-state index contributed by atoms with van der Waals surface area (Å²) in [4.78, 5) is 14.8. The number of nitriles is 1. The molecule has 0 spiro atoms. The lowest BCUT2D eigenvalue weighted by Crippen LogP contribution is -2.24. The first-order chi connectivity index (χ1) is 5.75. The Morgan fingerprint density at radius 2 is 2.67 bits per heavy atom. The first-order valence-corrected chi connectivity index (χ1v) is 3.31. The second-order valence-electron chi connectivity index (χ2n) is 2.10. The number of amides is 1. The van der Waals surface area contributed by atoms with Crippen molar-refractivity contribution in [1.29, 1.82) is 5.26 Å². The fourth-order valence-electron chi connectivity index (χ4n) is 0.727. The average Bonchev–Trinajstić information content (AvgIpc) is 2.47. The van der Waals surface area contributed by atoms with Crippen molar-refractivity contribution in [3.05, 3.63) is 17.8 Å². The van der Waals surface area contributed by atoms with Crippen LogP contribution in [0.15, 0.2) is 10.8 Å². The van der Waals surface area contributed by atoms with Crippen LogP contribution < -0.4 is 5.32 Å². The summed E-state index contributed by atoms with van der Waals surface area (Å²) in [6, 6.07) is 1.79. The van der Waals surface area contributed by atoms with Gasteiger partial charge in [-0.2, -0.15) is 5.26 Å². The second kappa shape index (κ2) is 3.53. The molecule has 0 aliphatic heterocycles. The zero-order chi connectivity index (χ0) is 8.97. The highest BCUT2D eigenvalue weighted by Gasteiger charge is 2.11. The molecule has 1 rings (SSSR count). The quantitative estimate of drug-likeness (QED) is 0.636. The van der Waals surface area contributed by atoms with Crippen LogP contribution in [0.1, 0.15) is 16.2 Å². The third-order valence-corrected chi connectivity index (χ3v) is 1.29. The molecular weight excluding hydrogens is 158 g/mol. The van der Waals surface area contributed by atoms with Crippen molar-refractivity contribution in [1.82, 2.24) is 10.3 Å². The summed E-state index contributed by atoms with van der Waals surface area (Å²) in [7, 11) is 0. The van der Waals surface area contributed by atoms with Gasteiger partial charge in [-0.25, -0.2) is 4.98 Å². The molecule has 1 aromatic heterocycles. The largest absolute Gasteiger partial charge is 0.448 e. The van der Waals surface area contributed by atoms with Gasteiger partial charge in [-0.15, -0.1) is 0 Å². The first kappa shape index (κ1) is 8.27. The highest BCUT2D eigenvalue weighted by Crippen LogP contribution is 2.03. The van der Waals surface area contributed by atoms with Crippen molar-refractivity contribution in [3.63, 3.8) is 0 Å². The zero-order valence-electron chi connectivity index (χ0n) is 6.50. The van der Waals surface area contributed by atoms with Crippen molar-refractivity contribution < 1.29 is 9.21 Å². The molecule has 0 fully saturated rings. The molecule has 0 aromatic carbocycles. The van der Waals surface area contributed by atoms with E-state index in [2.05, 4.69) is 10.3 Å². The van der Waals surface area contributed by atoms with Crippen LogP contribution in [0, 0.1) is 18.3 Å².